The maximum atomic E-state index is 12.8. The maximum absolute atomic E-state index is 12.8. The molecule has 0 aromatic carbocycles. The van der Waals surface area contributed by atoms with Crippen molar-refractivity contribution in [1.82, 2.24) is 24.7 Å². The lowest BCUT2D eigenvalue weighted by Gasteiger charge is -2.11. The molecular formula is C14H14F3N5OS2. The summed E-state index contributed by atoms with van der Waals surface area (Å²) in [7, 11) is 1.25. The number of fused-ring (bicyclic) bond motifs is 1. The van der Waals surface area contributed by atoms with E-state index in [9.17, 15) is 18.0 Å². The van der Waals surface area contributed by atoms with E-state index in [4.69, 9.17) is 0 Å². The molecule has 1 N–H and O–H groups in total. The van der Waals surface area contributed by atoms with Gasteiger partial charge < -0.3 is 9.55 Å². The first-order chi connectivity index (χ1) is 11.6. The summed E-state index contributed by atoms with van der Waals surface area (Å²) in [6.07, 6.45) is -4.57. The molecule has 3 heterocycles. The molecule has 11 heteroatoms. The highest BCUT2D eigenvalue weighted by molar-refractivity contribution is 7.99. The number of thiophene rings is 1. The van der Waals surface area contributed by atoms with Crippen molar-refractivity contribution in [2.45, 2.75) is 37.4 Å². The van der Waals surface area contributed by atoms with E-state index in [1.807, 2.05) is 13.8 Å². The lowest BCUT2D eigenvalue weighted by molar-refractivity contribution is -0.147. The Hall–Kier alpha value is -1.88. The standard InChI is InChI=1S/C14H14F3N5OS2/c1-5-6(2)24-11-8(5)10(23)18-9(19-11)7(3)25-13-21-20-12(22(13)4)14(15,16)17/h7H,1-4H3,(H,18,19,23)/t7-/m0/s1. The van der Waals surface area contributed by atoms with Gasteiger partial charge in [0.2, 0.25) is 5.82 Å². The summed E-state index contributed by atoms with van der Waals surface area (Å²) in [5.74, 6) is -0.677. The second-order valence-corrected chi connectivity index (χ2v) is 8.05. The summed E-state index contributed by atoms with van der Waals surface area (Å²) in [6.45, 7) is 5.52. The molecule has 3 aromatic rings. The van der Waals surface area contributed by atoms with Crippen LogP contribution in [0, 0.1) is 13.8 Å². The van der Waals surface area contributed by atoms with Crippen LogP contribution in [-0.4, -0.2) is 24.7 Å². The van der Waals surface area contributed by atoms with Gasteiger partial charge in [0.1, 0.15) is 10.7 Å². The monoisotopic (exact) mass is 389 g/mol. The lowest BCUT2D eigenvalue weighted by Crippen LogP contribution is -2.14. The van der Waals surface area contributed by atoms with Gasteiger partial charge >= 0.3 is 6.18 Å². The Balaban J connectivity index is 1.94. The molecule has 0 amide bonds. The van der Waals surface area contributed by atoms with Crippen molar-refractivity contribution in [3.63, 3.8) is 0 Å². The minimum atomic E-state index is -4.57. The van der Waals surface area contributed by atoms with Crippen LogP contribution in [0.3, 0.4) is 0 Å². The summed E-state index contributed by atoms with van der Waals surface area (Å²) in [6, 6.07) is 0. The van der Waals surface area contributed by atoms with Gasteiger partial charge in [0.25, 0.3) is 5.56 Å². The molecule has 0 fully saturated rings. The summed E-state index contributed by atoms with van der Waals surface area (Å²) >= 11 is 2.47. The fourth-order valence-corrected chi connectivity index (χ4v) is 4.25. The van der Waals surface area contributed by atoms with E-state index in [0.717, 1.165) is 26.8 Å². The predicted octanol–water partition coefficient (Wildman–Crippen LogP) is 3.60. The number of aromatic nitrogens is 5. The summed E-state index contributed by atoms with van der Waals surface area (Å²) < 4.78 is 39.3. The second kappa shape index (κ2) is 6.13. The zero-order chi connectivity index (χ0) is 18.5. The first-order valence-corrected chi connectivity index (χ1v) is 8.92. The number of thioether (sulfide) groups is 1. The van der Waals surface area contributed by atoms with Crippen molar-refractivity contribution in [2.24, 2.45) is 7.05 Å². The molecule has 0 unspecified atom stereocenters. The SMILES string of the molecule is Cc1sc2nc([C@H](C)Sc3nnc(C(F)(F)F)n3C)[nH]c(=O)c2c1C. The fourth-order valence-electron chi connectivity index (χ4n) is 2.34. The highest BCUT2D eigenvalue weighted by atomic mass is 32.2. The highest BCUT2D eigenvalue weighted by Crippen LogP contribution is 2.36. The molecule has 0 aliphatic carbocycles. The van der Waals surface area contributed by atoms with E-state index in [-0.39, 0.29) is 10.7 Å². The number of H-pyrrole nitrogens is 1. The van der Waals surface area contributed by atoms with Crippen LogP contribution in [0.1, 0.15) is 34.3 Å². The molecule has 134 valence electrons. The Labute approximate surface area is 148 Å². The molecule has 0 bridgehead atoms. The first kappa shape index (κ1) is 17.9. The number of alkyl halides is 3. The molecule has 6 nitrogen and oxygen atoms in total. The number of halogens is 3. The van der Waals surface area contributed by atoms with E-state index < -0.39 is 17.3 Å². The van der Waals surface area contributed by atoms with Crippen LogP contribution in [0.2, 0.25) is 0 Å². The number of hydrogen-bond acceptors (Lipinski definition) is 6. The minimum absolute atomic E-state index is 0.0983. The van der Waals surface area contributed by atoms with Crippen LogP contribution in [0.4, 0.5) is 13.2 Å². The van der Waals surface area contributed by atoms with Gasteiger partial charge in [-0.25, -0.2) is 4.98 Å². The van der Waals surface area contributed by atoms with Gasteiger partial charge in [-0.15, -0.1) is 21.5 Å². The van der Waals surface area contributed by atoms with Gasteiger partial charge in [-0.3, -0.25) is 4.79 Å². The number of nitrogens with zero attached hydrogens (tertiary/aromatic N) is 4. The largest absolute Gasteiger partial charge is 0.451 e. The highest BCUT2D eigenvalue weighted by Gasteiger charge is 2.37. The molecule has 0 saturated heterocycles. The third-order valence-electron chi connectivity index (χ3n) is 3.81. The van der Waals surface area contributed by atoms with Crippen molar-refractivity contribution >= 4 is 33.3 Å². The zero-order valence-corrected chi connectivity index (χ0v) is 15.4. The Morgan fingerprint density at radius 2 is 1.96 bits per heavy atom. The van der Waals surface area contributed by atoms with Gasteiger partial charge in [0.15, 0.2) is 5.16 Å². The third-order valence-corrected chi connectivity index (χ3v) is 6.06. The average Bonchev–Trinajstić information content (AvgIpc) is 3.00. The third kappa shape index (κ3) is 3.17. The quantitative estimate of drug-likeness (QED) is 0.693. The number of rotatable bonds is 3. The molecule has 3 aromatic heterocycles. The maximum Gasteiger partial charge on any atom is 0.451 e. The number of hydrogen-bond donors (Lipinski definition) is 1. The Bertz CT molecular complexity index is 1000. The van der Waals surface area contributed by atoms with Crippen LogP contribution < -0.4 is 5.56 Å². The van der Waals surface area contributed by atoms with Crippen molar-refractivity contribution < 1.29 is 13.2 Å². The van der Waals surface area contributed by atoms with E-state index in [2.05, 4.69) is 20.2 Å². The minimum Gasteiger partial charge on any atom is -0.309 e. The van der Waals surface area contributed by atoms with Crippen LogP contribution in [0.5, 0.6) is 0 Å². The molecule has 3 rings (SSSR count). The fraction of sp³-hybridized carbons (Fsp3) is 0.429. The van der Waals surface area contributed by atoms with Gasteiger partial charge in [-0.1, -0.05) is 11.8 Å². The van der Waals surface area contributed by atoms with E-state index in [1.165, 1.54) is 18.4 Å². The smallest absolute Gasteiger partial charge is 0.309 e. The zero-order valence-electron chi connectivity index (χ0n) is 13.7. The Kier molecular flexibility index (Phi) is 4.40. The van der Waals surface area contributed by atoms with Crippen molar-refractivity contribution in [3.8, 4) is 0 Å². The van der Waals surface area contributed by atoms with Crippen LogP contribution in [-0.2, 0) is 13.2 Å². The first-order valence-electron chi connectivity index (χ1n) is 7.22. The summed E-state index contributed by atoms with van der Waals surface area (Å²) in [5, 5.41) is 7.04. The average molecular weight is 389 g/mol. The lowest BCUT2D eigenvalue weighted by atomic mass is 10.2. The number of aromatic amines is 1. The molecule has 0 aliphatic rings. The van der Waals surface area contributed by atoms with Gasteiger partial charge in [0.05, 0.1) is 10.6 Å². The van der Waals surface area contributed by atoms with E-state index in [0.29, 0.717) is 16.0 Å². The predicted molar refractivity (Wildman–Crippen MR) is 90.0 cm³/mol. The van der Waals surface area contributed by atoms with Gasteiger partial charge in [-0.05, 0) is 26.3 Å². The van der Waals surface area contributed by atoms with E-state index in [1.54, 1.807) is 6.92 Å². The van der Waals surface area contributed by atoms with Gasteiger partial charge in [-0.2, -0.15) is 13.2 Å². The number of aryl methyl sites for hydroxylation is 2. The van der Waals surface area contributed by atoms with Crippen LogP contribution >= 0.6 is 23.1 Å². The Morgan fingerprint density at radius 3 is 2.56 bits per heavy atom. The molecular weight excluding hydrogens is 375 g/mol. The Morgan fingerprint density at radius 1 is 1.28 bits per heavy atom. The molecule has 0 radical (unpaired) electrons. The molecule has 25 heavy (non-hydrogen) atoms. The van der Waals surface area contributed by atoms with Crippen molar-refractivity contribution in [2.75, 3.05) is 0 Å². The topological polar surface area (TPSA) is 76.5 Å². The van der Waals surface area contributed by atoms with E-state index >= 15 is 0 Å². The van der Waals surface area contributed by atoms with Crippen LogP contribution in [0.25, 0.3) is 10.2 Å². The second-order valence-electron chi connectivity index (χ2n) is 5.54. The molecule has 1 atom stereocenters. The van der Waals surface area contributed by atoms with Crippen LogP contribution in [0.15, 0.2) is 9.95 Å². The van der Waals surface area contributed by atoms with Crippen molar-refractivity contribution in [3.05, 3.63) is 32.4 Å². The molecule has 0 aliphatic heterocycles. The van der Waals surface area contributed by atoms with Gasteiger partial charge in [0, 0.05) is 11.9 Å². The van der Waals surface area contributed by atoms with Crippen molar-refractivity contribution in [1.29, 1.82) is 0 Å². The normalized spacial score (nSPS) is 13.6. The molecule has 0 saturated carbocycles. The molecule has 0 spiro atoms. The summed E-state index contributed by atoms with van der Waals surface area (Å²) in [4.78, 5) is 21.1. The summed E-state index contributed by atoms with van der Waals surface area (Å²) in [5.41, 5.74) is 0.645. The number of nitrogens with one attached hydrogen (secondary N) is 1.